The van der Waals surface area contributed by atoms with E-state index in [-0.39, 0.29) is 13.2 Å². The molecule has 0 spiro atoms. The molecule has 300 valence electrons. The number of carbonyl (C=O) groups is 2. The van der Waals surface area contributed by atoms with Crippen LogP contribution >= 0.6 is 0 Å². The molecule has 1 aliphatic rings. The number of nitrogen functional groups attached to an aromatic ring is 2. The lowest BCUT2D eigenvalue weighted by molar-refractivity contribution is 0.0516. The molecule has 10 nitrogen and oxygen atoms in total. The van der Waals surface area contributed by atoms with Gasteiger partial charge in [-0.3, -0.25) is 0 Å². The predicted octanol–water partition coefficient (Wildman–Crippen LogP) is 9.04. The molecule has 4 aromatic rings. The molecule has 0 heterocycles. The number of carbonyl (C=O) groups excluding carboxylic acids is 2. The van der Waals surface area contributed by atoms with Gasteiger partial charge >= 0.3 is 11.9 Å². The average molecular weight is 767 g/mol. The van der Waals surface area contributed by atoms with Gasteiger partial charge in [0.15, 0.2) is 0 Å². The van der Waals surface area contributed by atoms with Crippen LogP contribution < -0.4 is 30.4 Å². The average Bonchev–Trinajstić information content (AvgIpc) is 3.16. The summed E-state index contributed by atoms with van der Waals surface area (Å²) in [5, 5.41) is 0. The largest absolute Gasteiger partial charge is 0.493 e. The number of benzene rings is 4. The number of esters is 2. The van der Waals surface area contributed by atoms with Crippen LogP contribution in [-0.2, 0) is 35.2 Å². The first-order valence-corrected chi connectivity index (χ1v) is 20.1. The van der Waals surface area contributed by atoms with Crippen molar-refractivity contribution in [3.8, 4) is 23.0 Å². The number of rotatable bonds is 16. The molecule has 0 saturated heterocycles. The summed E-state index contributed by atoms with van der Waals surface area (Å²) in [6.07, 6.45) is 4.55. The highest BCUT2D eigenvalue weighted by molar-refractivity contribution is 5.91. The summed E-state index contributed by atoms with van der Waals surface area (Å²) in [6.45, 7) is 14.2. The van der Waals surface area contributed by atoms with E-state index < -0.39 is 11.9 Å². The molecule has 56 heavy (non-hydrogen) atoms. The van der Waals surface area contributed by atoms with Crippen LogP contribution in [0.15, 0.2) is 48.5 Å². The van der Waals surface area contributed by atoms with Crippen molar-refractivity contribution >= 4 is 23.3 Å². The summed E-state index contributed by atoms with van der Waals surface area (Å²) >= 11 is 0. The zero-order valence-corrected chi connectivity index (χ0v) is 33.9. The Morgan fingerprint density at radius 1 is 0.429 bits per heavy atom. The Morgan fingerprint density at radius 2 is 0.661 bits per heavy atom. The topological polar surface area (TPSA) is 142 Å². The minimum Gasteiger partial charge on any atom is -0.493 e. The highest BCUT2D eigenvalue weighted by Crippen LogP contribution is 2.41. The molecule has 0 atom stereocenters. The first-order chi connectivity index (χ1) is 27.1. The monoisotopic (exact) mass is 766 g/mol. The molecule has 0 amide bonds. The maximum Gasteiger partial charge on any atom is 0.338 e. The van der Waals surface area contributed by atoms with Crippen molar-refractivity contribution in [2.75, 3.05) is 51.1 Å². The van der Waals surface area contributed by atoms with Gasteiger partial charge in [0, 0.05) is 59.3 Å². The van der Waals surface area contributed by atoms with Crippen LogP contribution in [-0.4, -0.2) is 51.6 Å². The standard InChI is InChI=1S/C46H58N2O8/c1-7-13-53-41-29-17-33-25-39(47)27-35(43(33)55-15-9-3)19-31-23-38(46(50)52-12-6)24-32(42(31)54-14-8-2)20-36-28-40(48)26-34(44(36)56-16-10-4)18-30(41)22-37(21-29)45(49)51-11-5/h21-28H,7-20,47-48H2,1-6H3. The normalized spacial score (nSPS) is 12.1. The minimum absolute atomic E-state index is 0.237. The molecule has 10 heteroatoms. The number of anilines is 2. The van der Waals surface area contributed by atoms with Crippen molar-refractivity contribution in [2.24, 2.45) is 0 Å². The molecule has 8 bridgehead atoms. The van der Waals surface area contributed by atoms with Crippen LogP contribution in [0, 0.1) is 0 Å². The maximum atomic E-state index is 13.5. The van der Waals surface area contributed by atoms with Crippen LogP contribution in [0.4, 0.5) is 11.4 Å². The lowest BCUT2D eigenvalue weighted by Crippen LogP contribution is -2.13. The molecule has 0 saturated carbocycles. The smallest absolute Gasteiger partial charge is 0.338 e. The van der Waals surface area contributed by atoms with Gasteiger partial charge in [-0.1, -0.05) is 27.7 Å². The van der Waals surface area contributed by atoms with Crippen LogP contribution in [0.2, 0.25) is 0 Å². The number of ether oxygens (including phenoxy) is 6. The van der Waals surface area contributed by atoms with Gasteiger partial charge in [0.2, 0.25) is 0 Å². The molecule has 0 aromatic heterocycles. The van der Waals surface area contributed by atoms with E-state index >= 15 is 0 Å². The van der Waals surface area contributed by atoms with Crippen LogP contribution in [0.1, 0.15) is 132 Å². The van der Waals surface area contributed by atoms with E-state index in [0.717, 1.165) is 70.2 Å². The second-order valence-corrected chi connectivity index (χ2v) is 14.1. The van der Waals surface area contributed by atoms with Gasteiger partial charge < -0.3 is 39.9 Å². The second-order valence-electron chi connectivity index (χ2n) is 14.1. The minimum atomic E-state index is -0.423. The van der Waals surface area contributed by atoms with E-state index in [1.165, 1.54) is 0 Å². The van der Waals surface area contributed by atoms with Crippen molar-refractivity contribution in [3.63, 3.8) is 0 Å². The lowest BCUT2D eigenvalue weighted by atomic mass is 9.89. The highest BCUT2D eigenvalue weighted by atomic mass is 16.5. The van der Waals surface area contributed by atoms with Crippen molar-refractivity contribution < 1.29 is 38.0 Å². The molecular weight excluding hydrogens is 709 g/mol. The van der Waals surface area contributed by atoms with Crippen molar-refractivity contribution in [2.45, 2.75) is 92.9 Å². The van der Waals surface area contributed by atoms with E-state index in [1.807, 2.05) is 48.5 Å². The van der Waals surface area contributed by atoms with Crippen LogP contribution in [0.3, 0.4) is 0 Å². The Morgan fingerprint density at radius 3 is 0.875 bits per heavy atom. The van der Waals surface area contributed by atoms with E-state index in [2.05, 4.69) is 27.7 Å². The van der Waals surface area contributed by atoms with E-state index in [4.69, 9.17) is 39.9 Å². The van der Waals surface area contributed by atoms with Gasteiger partial charge in [-0.25, -0.2) is 9.59 Å². The lowest BCUT2D eigenvalue weighted by Gasteiger charge is -2.24. The molecule has 0 unspecified atom stereocenters. The summed E-state index contributed by atoms with van der Waals surface area (Å²) < 4.78 is 37.4. The van der Waals surface area contributed by atoms with Crippen LogP contribution in [0.25, 0.3) is 0 Å². The summed E-state index contributed by atoms with van der Waals surface area (Å²) in [4.78, 5) is 26.9. The van der Waals surface area contributed by atoms with Gasteiger partial charge in [-0.2, -0.15) is 0 Å². The van der Waals surface area contributed by atoms with Gasteiger partial charge in [-0.05, 0) is 110 Å². The third-order valence-electron chi connectivity index (χ3n) is 9.36. The zero-order chi connectivity index (χ0) is 40.2. The summed E-state index contributed by atoms with van der Waals surface area (Å²) in [5.41, 5.74) is 21.9. The summed E-state index contributed by atoms with van der Waals surface area (Å²) in [6, 6.07) is 15.1. The molecule has 5 rings (SSSR count). The van der Waals surface area contributed by atoms with E-state index in [1.54, 1.807) is 13.8 Å². The fraction of sp³-hybridized carbons (Fsp3) is 0.435. The second kappa shape index (κ2) is 20.0. The number of nitrogens with two attached hydrogens (primary N) is 2. The summed E-state index contributed by atoms with van der Waals surface area (Å²) in [5.74, 6) is 1.90. The first-order valence-electron chi connectivity index (χ1n) is 20.1. The summed E-state index contributed by atoms with van der Waals surface area (Å²) in [7, 11) is 0. The molecule has 4 aromatic carbocycles. The van der Waals surface area contributed by atoms with Gasteiger partial charge in [0.1, 0.15) is 23.0 Å². The maximum absolute atomic E-state index is 13.5. The van der Waals surface area contributed by atoms with E-state index in [0.29, 0.717) is 97.6 Å². The van der Waals surface area contributed by atoms with Crippen LogP contribution in [0.5, 0.6) is 23.0 Å². The third-order valence-corrected chi connectivity index (χ3v) is 9.36. The molecule has 0 fully saturated rings. The number of hydrogen-bond donors (Lipinski definition) is 2. The fourth-order valence-corrected chi connectivity index (χ4v) is 7.17. The molecule has 0 radical (unpaired) electrons. The Balaban J connectivity index is 1.91. The van der Waals surface area contributed by atoms with Crippen molar-refractivity contribution in [1.29, 1.82) is 0 Å². The molecule has 4 N–H and O–H groups in total. The Hall–Kier alpha value is -5.38. The fourth-order valence-electron chi connectivity index (χ4n) is 7.17. The van der Waals surface area contributed by atoms with Gasteiger partial charge in [0.05, 0.1) is 50.8 Å². The van der Waals surface area contributed by atoms with Crippen molar-refractivity contribution in [3.05, 3.63) is 104 Å². The Kier molecular flexibility index (Phi) is 14.9. The van der Waals surface area contributed by atoms with Gasteiger partial charge in [-0.15, -0.1) is 0 Å². The highest BCUT2D eigenvalue weighted by Gasteiger charge is 2.26. The predicted molar refractivity (Wildman–Crippen MR) is 221 cm³/mol. The third kappa shape index (κ3) is 10.1. The molecule has 0 aliphatic heterocycles. The Bertz CT molecular complexity index is 1770. The first kappa shape index (κ1) is 41.8. The Labute approximate surface area is 331 Å². The molecular formula is C46H58N2O8. The quantitative estimate of drug-likeness (QED) is 0.0738. The number of hydrogen-bond acceptors (Lipinski definition) is 10. The van der Waals surface area contributed by atoms with Crippen molar-refractivity contribution in [1.82, 2.24) is 0 Å². The molecule has 1 aliphatic carbocycles. The number of fused-ring (bicyclic) bond motifs is 8. The zero-order valence-electron chi connectivity index (χ0n) is 33.9. The van der Waals surface area contributed by atoms with Gasteiger partial charge in [0.25, 0.3) is 0 Å². The SMILES string of the molecule is CCCOc1c2cc(N)cc1Cc1cc(C(=O)OCC)cc(c1OCCC)Cc1cc(N)cc(c1OCCC)Cc1cc(C(=O)OCC)cc(c1OCCC)C2. The van der Waals surface area contributed by atoms with E-state index in [9.17, 15) is 9.59 Å².